The molecule has 2 aromatic heterocycles. The molecule has 2 N–H and O–H groups in total. The molecule has 19 heavy (non-hydrogen) atoms. The lowest BCUT2D eigenvalue weighted by atomic mass is 10.4. The second-order valence-electron chi connectivity index (χ2n) is 3.74. The van der Waals surface area contributed by atoms with E-state index in [0.29, 0.717) is 17.4 Å². The van der Waals surface area contributed by atoms with Crippen LogP contribution in [0.4, 0.5) is 5.69 Å². The quantitative estimate of drug-likeness (QED) is 0.660. The van der Waals surface area contributed by atoms with Crippen molar-refractivity contribution in [2.45, 2.75) is 6.54 Å². The van der Waals surface area contributed by atoms with Crippen molar-refractivity contribution < 1.29 is 9.53 Å². The van der Waals surface area contributed by atoms with Gasteiger partial charge in [-0.1, -0.05) is 11.6 Å². The zero-order valence-electron chi connectivity index (χ0n) is 10.0. The summed E-state index contributed by atoms with van der Waals surface area (Å²) in [6, 6.07) is 5.33. The summed E-state index contributed by atoms with van der Waals surface area (Å²) in [6.07, 6.45) is 1.64. The molecule has 0 aliphatic heterocycles. The number of carbonyl (C=O) groups excluding carboxylic acids is 1. The third kappa shape index (κ3) is 3.48. The molecule has 0 aliphatic carbocycles. The molecule has 0 radical (unpaired) electrons. The number of nitrogens with zero attached hydrogens (tertiary/aromatic N) is 1. The average molecular weight is 345 g/mol. The minimum atomic E-state index is -0.387. The molecule has 2 aromatic rings. The standard InChI is InChI=1S/C12H11BrClN3O2/c1-19-12(18)10-3-2-7(17-10)5-15-8-4-9(13)11(14)16-6-8/h2-4,6,15,17H,5H2,1H3. The molecule has 7 heteroatoms. The average Bonchev–Trinajstić information content (AvgIpc) is 2.88. The molecule has 100 valence electrons. The molecule has 2 heterocycles. The van der Waals surface area contributed by atoms with E-state index >= 15 is 0 Å². The van der Waals surface area contributed by atoms with Crippen LogP contribution in [-0.4, -0.2) is 23.0 Å². The summed E-state index contributed by atoms with van der Waals surface area (Å²) in [5, 5.41) is 3.58. The van der Waals surface area contributed by atoms with Crippen LogP contribution in [0, 0.1) is 0 Å². The third-order valence-electron chi connectivity index (χ3n) is 2.43. The first-order chi connectivity index (χ1) is 9.10. The van der Waals surface area contributed by atoms with Crippen LogP contribution in [0.3, 0.4) is 0 Å². The van der Waals surface area contributed by atoms with Crippen molar-refractivity contribution >= 4 is 39.2 Å². The van der Waals surface area contributed by atoms with E-state index in [1.807, 2.05) is 12.1 Å². The van der Waals surface area contributed by atoms with E-state index in [0.717, 1.165) is 15.9 Å². The largest absolute Gasteiger partial charge is 0.464 e. The van der Waals surface area contributed by atoms with E-state index in [9.17, 15) is 4.79 Å². The van der Waals surface area contributed by atoms with Gasteiger partial charge in [-0.2, -0.15) is 0 Å². The van der Waals surface area contributed by atoms with Crippen molar-refractivity contribution in [1.29, 1.82) is 0 Å². The van der Waals surface area contributed by atoms with Gasteiger partial charge in [0.15, 0.2) is 0 Å². The molecule has 0 saturated heterocycles. The number of hydrogen-bond acceptors (Lipinski definition) is 4. The minimum absolute atomic E-state index is 0.387. The van der Waals surface area contributed by atoms with Crippen LogP contribution in [0.25, 0.3) is 0 Å². The molecule has 0 unspecified atom stereocenters. The highest BCUT2D eigenvalue weighted by atomic mass is 79.9. The van der Waals surface area contributed by atoms with E-state index in [4.69, 9.17) is 11.6 Å². The number of nitrogens with one attached hydrogen (secondary N) is 2. The van der Waals surface area contributed by atoms with Crippen molar-refractivity contribution in [3.05, 3.63) is 45.4 Å². The van der Waals surface area contributed by atoms with Crippen molar-refractivity contribution in [2.75, 3.05) is 12.4 Å². The first-order valence-electron chi connectivity index (χ1n) is 5.41. The van der Waals surface area contributed by atoms with Gasteiger partial charge in [0.1, 0.15) is 10.8 Å². The number of anilines is 1. The first kappa shape index (κ1) is 13.9. The summed E-state index contributed by atoms with van der Waals surface area (Å²) in [5.74, 6) is -0.387. The maximum Gasteiger partial charge on any atom is 0.354 e. The fraction of sp³-hybridized carbons (Fsp3) is 0.167. The highest BCUT2D eigenvalue weighted by Crippen LogP contribution is 2.23. The Balaban J connectivity index is 2.00. The van der Waals surface area contributed by atoms with Crippen molar-refractivity contribution in [3.8, 4) is 0 Å². The maximum atomic E-state index is 11.3. The van der Waals surface area contributed by atoms with Crippen LogP contribution in [-0.2, 0) is 11.3 Å². The minimum Gasteiger partial charge on any atom is -0.464 e. The molecule has 0 amide bonds. The Kier molecular flexibility index (Phi) is 4.44. The summed E-state index contributed by atoms with van der Waals surface area (Å²) in [6.45, 7) is 0.534. The molecule has 0 saturated carbocycles. The number of esters is 1. The Labute approximate surface area is 123 Å². The Hall–Kier alpha value is -1.53. The third-order valence-corrected chi connectivity index (χ3v) is 3.56. The van der Waals surface area contributed by atoms with Crippen molar-refractivity contribution in [3.63, 3.8) is 0 Å². The van der Waals surface area contributed by atoms with E-state index in [-0.39, 0.29) is 5.97 Å². The van der Waals surface area contributed by atoms with E-state index in [1.165, 1.54) is 7.11 Å². The van der Waals surface area contributed by atoms with Gasteiger partial charge in [-0.15, -0.1) is 0 Å². The number of H-pyrrole nitrogens is 1. The smallest absolute Gasteiger partial charge is 0.354 e. The molecule has 2 rings (SSSR count). The number of aromatic amines is 1. The predicted molar refractivity (Wildman–Crippen MR) is 76.4 cm³/mol. The number of carbonyl (C=O) groups is 1. The second kappa shape index (κ2) is 6.08. The lowest BCUT2D eigenvalue weighted by Gasteiger charge is -2.05. The van der Waals surface area contributed by atoms with Gasteiger partial charge < -0.3 is 15.0 Å². The van der Waals surface area contributed by atoms with E-state index < -0.39 is 0 Å². The van der Waals surface area contributed by atoms with E-state index in [2.05, 4.69) is 36.0 Å². The number of hydrogen-bond donors (Lipinski definition) is 2. The number of pyridine rings is 1. The summed E-state index contributed by atoms with van der Waals surface area (Å²) in [7, 11) is 1.35. The molecule has 0 spiro atoms. The second-order valence-corrected chi connectivity index (χ2v) is 4.95. The molecule has 0 fully saturated rings. The number of ether oxygens (including phenoxy) is 1. The molecule has 0 aliphatic rings. The molecular formula is C12H11BrClN3O2. The summed E-state index contributed by atoms with van der Waals surface area (Å²) >= 11 is 9.11. The number of aromatic nitrogens is 2. The van der Waals surface area contributed by atoms with Gasteiger partial charge in [-0.05, 0) is 34.1 Å². The van der Waals surface area contributed by atoms with Gasteiger partial charge in [0.25, 0.3) is 0 Å². The fourth-order valence-corrected chi connectivity index (χ4v) is 1.94. The van der Waals surface area contributed by atoms with Crippen LogP contribution in [0.2, 0.25) is 5.15 Å². The molecule has 0 aromatic carbocycles. The normalized spacial score (nSPS) is 10.3. The zero-order valence-corrected chi connectivity index (χ0v) is 12.4. The summed E-state index contributed by atoms with van der Waals surface area (Å²) in [5.41, 5.74) is 2.12. The first-order valence-corrected chi connectivity index (χ1v) is 6.58. The maximum absolute atomic E-state index is 11.3. The number of methoxy groups -OCH3 is 1. The van der Waals surface area contributed by atoms with Crippen LogP contribution < -0.4 is 5.32 Å². The monoisotopic (exact) mass is 343 g/mol. The highest BCUT2D eigenvalue weighted by molar-refractivity contribution is 9.10. The molecule has 5 nitrogen and oxygen atoms in total. The van der Waals surface area contributed by atoms with Crippen molar-refractivity contribution in [1.82, 2.24) is 9.97 Å². The zero-order chi connectivity index (χ0) is 13.8. The van der Waals surface area contributed by atoms with Gasteiger partial charge >= 0.3 is 5.97 Å². The Morgan fingerprint density at radius 3 is 3.05 bits per heavy atom. The van der Waals surface area contributed by atoms with Gasteiger partial charge in [0.2, 0.25) is 0 Å². The Morgan fingerprint density at radius 2 is 2.37 bits per heavy atom. The predicted octanol–water partition coefficient (Wildman–Crippen LogP) is 3.22. The summed E-state index contributed by atoms with van der Waals surface area (Å²) < 4.78 is 5.34. The lowest BCUT2D eigenvalue weighted by Crippen LogP contribution is -2.04. The van der Waals surface area contributed by atoms with Crippen molar-refractivity contribution in [2.24, 2.45) is 0 Å². The van der Waals surface area contributed by atoms with Gasteiger partial charge in [-0.3, -0.25) is 0 Å². The van der Waals surface area contributed by atoms with Gasteiger partial charge in [0.05, 0.1) is 30.0 Å². The van der Waals surface area contributed by atoms with Crippen LogP contribution >= 0.6 is 27.5 Å². The highest BCUT2D eigenvalue weighted by Gasteiger charge is 2.07. The SMILES string of the molecule is COC(=O)c1ccc(CNc2cnc(Cl)c(Br)c2)[nH]1. The van der Waals surface area contributed by atoms with Crippen LogP contribution in [0.5, 0.6) is 0 Å². The lowest BCUT2D eigenvalue weighted by molar-refractivity contribution is 0.0594. The van der Waals surface area contributed by atoms with Gasteiger partial charge in [-0.25, -0.2) is 9.78 Å². The number of rotatable bonds is 4. The van der Waals surface area contributed by atoms with Gasteiger partial charge in [0, 0.05) is 5.69 Å². The summed E-state index contributed by atoms with van der Waals surface area (Å²) in [4.78, 5) is 18.3. The van der Waals surface area contributed by atoms with Crippen LogP contribution in [0.1, 0.15) is 16.2 Å². The fourth-order valence-electron chi connectivity index (χ4n) is 1.49. The molecular weight excluding hydrogens is 334 g/mol. The van der Waals surface area contributed by atoms with E-state index in [1.54, 1.807) is 12.3 Å². The topological polar surface area (TPSA) is 67.0 Å². The Morgan fingerprint density at radius 1 is 1.58 bits per heavy atom. The number of halogens is 2. The molecule has 0 atom stereocenters. The Bertz CT molecular complexity index is 600. The van der Waals surface area contributed by atoms with Crippen LogP contribution in [0.15, 0.2) is 28.9 Å². The molecule has 0 bridgehead atoms.